The molecule has 0 saturated carbocycles. The van der Waals surface area contributed by atoms with Crippen molar-refractivity contribution in [2.45, 2.75) is 6.92 Å². The smallest absolute Gasteiger partial charge is 0.271 e. The molecule has 0 atom stereocenters. The fraction of sp³-hybridized carbons (Fsp3) is 0.125. The standard InChI is InChI=1S/C16H13BrN2O3/c1-10-2-4-11(5-3-10)16(20)19-18-8-12-6-14-15(7-13(12)17)22-9-21-14/h2-8H,9H2,1H3,(H,19,20)/b18-8-. The molecule has 0 unspecified atom stereocenters. The Labute approximate surface area is 136 Å². The van der Waals surface area contributed by atoms with Crippen LogP contribution in [-0.2, 0) is 0 Å². The predicted octanol–water partition coefficient (Wildman–Crippen LogP) is 3.25. The molecule has 0 spiro atoms. The van der Waals surface area contributed by atoms with E-state index in [0.717, 1.165) is 15.6 Å². The van der Waals surface area contributed by atoms with Gasteiger partial charge in [-0.25, -0.2) is 5.43 Å². The van der Waals surface area contributed by atoms with Crippen LogP contribution in [0, 0.1) is 6.92 Å². The van der Waals surface area contributed by atoms with E-state index in [1.807, 2.05) is 25.1 Å². The van der Waals surface area contributed by atoms with Crippen molar-refractivity contribution < 1.29 is 14.3 Å². The Morgan fingerprint density at radius 2 is 1.91 bits per heavy atom. The van der Waals surface area contributed by atoms with Crippen LogP contribution in [0.5, 0.6) is 11.5 Å². The normalized spacial score (nSPS) is 12.6. The van der Waals surface area contributed by atoms with Crippen molar-refractivity contribution >= 4 is 28.1 Å². The molecule has 2 aromatic rings. The van der Waals surface area contributed by atoms with Crippen LogP contribution < -0.4 is 14.9 Å². The van der Waals surface area contributed by atoms with Crippen LogP contribution in [-0.4, -0.2) is 18.9 Å². The summed E-state index contributed by atoms with van der Waals surface area (Å²) in [5.41, 5.74) is 4.95. The van der Waals surface area contributed by atoms with Crippen molar-refractivity contribution in [3.8, 4) is 11.5 Å². The van der Waals surface area contributed by atoms with Crippen LogP contribution in [0.25, 0.3) is 0 Å². The van der Waals surface area contributed by atoms with E-state index in [1.54, 1.807) is 24.4 Å². The van der Waals surface area contributed by atoms with Crippen LogP contribution in [0.4, 0.5) is 0 Å². The SMILES string of the molecule is Cc1ccc(C(=O)N/N=C\c2cc3c(cc2Br)OCO3)cc1. The van der Waals surface area contributed by atoms with Crippen molar-refractivity contribution in [1.29, 1.82) is 0 Å². The van der Waals surface area contributed by atoms with E-state index in [0.29, 0.717) is 17.1 Å². The second kappa shape index (κ2) is 6.19. The van der Waals surface area contributed by atoms with E-state index < -0.39 is 0 Å². The van der Waals surface area contributed by atoms with Gasteiger partial charge in [-0.05, 0) is 47.1 Å². The van der Waals surface area contributed by atoms with E-state index in [2.05, 4.69) is 26.5 Å². The Balaban J connectivity index is 1.70. The van der Waals surface area contributed by atoms with Gasteiger partial charge in [0.15, 0.2) is 11.5 Å². The topological polar surface area (TPSA) is 59.9 Å². The number of fused-ring (bicyclic) bond motifs is 1. The van der Waals surface area contributed by atoms with Crippen LogP contribution in [0.1, 0.15) is 21.5 Å². The Hall–Kier alpha value is -2.34. The summed E-state index contributed by atoms with van der Waals surface area (Å²) in [7, 11) is 0. The number of hydrogen-bond acceptors (Lipinski definition) is 4. The molecule has 22 heavy (non-hydrogen) atoms. The number of amides is 1. The Kier molecular flexibility index (Phi) is 4.11. The van der Waals surface area contributed by atoms with E-state index in [4.69, 9.17) is 9.47 Å². The molecule has 0 fully saturated rings. The molecule has 0 aliphatic carbocycles. The van der Waals surface area contributed by atoms with Gasteiger partial charge in [0.1, 0.15) is 0 Å². The third kappa shape index (κ3) is 3.12. The lowest BCUT2D eigenvalue weighted by molar-refractivity contribution is 0.0955. The third-order valence-electron chi connectivity index (χ3n) is 3.18. The fourth-order valence-electron chi connectivity index (χ4n) is 1.96. The van der Waals surface area contributed by atoms with Crippen LogP contribution in [0.3, 0.4) is 0 Å². The maximum atomic E-state index is 11.9. The summed E-state index contributed by atoms with van der Waals surface area (Å²) >= 11 is 3.43. The van der Waals surface area contributed by atoms with E-state index in [-0.39, 0.29) is 12.7 Å². The van der Waals surface area contributed by atoms with Gasteiger partial charge in [-0.1, -0.05) is 17.7 Å². The predicted molar refractivity (Wildman–Crippen MR) is 86.5 cm³/mol. The molecule has 1 aliphatic heterocycles. The zero-order valence-corrected chi connectivity index (χ0v) is 13.4. The van der Waals surface area contributed by atoms with Crippen molar-refractivity contribution in [3.05, 3.63) is 57.6 Å². The summed E-state index contributed by atoms with van der Waals surface area (Å²) in [6.45, 7) is 2.18. The summed E-state index contributed by atoms with van der Waals surface area (Å²) in [6.07, 6.45) is 1.55. The zero-order valence-electron chi connectivity index (χ0n) is 11.8. The fourth-order valence-corrected chi connectivity index (χ4v) is 2.39. The minimum absolute atomic E-state index is 0.215. The Morgan fingerprint density at radius 1 is 1.23 bits per heavy atom. The number of halogens is 1. The van der Waals surface area contributed by atoms with Gasteiger partial charge in [-0.2, -0.15) is 5.10 Å². The third-order valence-corrected chi connectivity index (χ3v) is 3.86. The second-order valence-electron chi connectivity index (χ2n) is 4.79. The molecule has 0 aromatic heterocycles. The number of carbonyl (C=O) groups is 1. The number of hydrogen-bond donors (Lipinski definition) is 1. The number of benzene rings is 2. The number of rotatable bonds is 3. The lowest BCUT2D eigenvalue weighted by Gasteiger charge is -2.02. The Morgan fingerprint density at radius 3 is 2.64 bits per heavy atom. The summed E-state index contributed by atoms with van der Waals surface area (Å²) in [5, 5.41) is 3.98. The van der Waals surface area contributed by atoms with Gasteiger partial charge in [0.05, 0.1) is 6.21 Å². The van der Waals surface area contributed by atoms with E-state index in [9.17, 15) is 4.79 Å². The highest BCUT2D eigenvalue weighted by molar-refractivity contribution is 9.10. The number of aryl methyl sites for hydroxylation is 1. The van der Waals surface area contributed by atoms with Crippen molar-refractivity contribution in [3.63, 3.8) is 0 Å². The molecule has 112 valence electrons. The molecule has 1 amide bonds. The summed E-state index contributed by atoms with van der Waals surface area (Å²) in [5.74, 6) is 1.09. The zero-order chi connectivity index (χ0) is 15.5. The van der Waals surface area contributed by atoms with Crippen LogP contribution >= 0.6 is 15.9 Å². The van der Waals surface area contributed by atoms with Gasteiger partial charge in [0.2, 0.25) is 6.79 Å². The number of carbonyl (C=O) groups excluding carboxylic acids is 1. The highest BCUT2D eigenvalue weighted by atomic mass is 79.9. The summed E-state index contributed by atoms with van der Waals surface area (Å²) in [4.78, 5) is 11.9. The summed E-state index contributed by atoms with van der Waals surface area (Å²) in [6, 6.07) is 10.9. The maximum Gasteiger partial charge on any atom is 0.271 e. The molecular weight excluding hydrogens is 348 g/mol. The molecular formula is C16H13BrN2O3. The van der Waals surface area contributed by atoms with Crippen molar-refractivity contribution in [2.75, 3.05) is 6.79 Å². The van der Waals surface area contributed by atoms with Gasteiger partial charge in [-0.15, -0.1) is 0 Å². The van der Waals surface area contributed by atoms with Crippen molar-refractivity contribution in [2.24, 2.45) is 5.10 Å². The van der Waals surface area contributed by atoms with Gasteiger partial charge >= 0.3 is 0 Å². The van der Waals surface area contributed by atoms with E-state index in [1.165, 1.54) is 0 Å². The molecule has 0 saturated heterocycles. The van der Waals surface area contributed by atoms with Gasteiger partial charge in [-0.3, -0.25) is 4.79 Å². The van der Waals surface area contributed by atoms with Crippen molar-refractivity contribution in [1.82, 2.24) is 5.43 Å². The second-order valence-corrected chi connectivity index (χ2v) is 5.65. The lowest BCUT2D eigenvalue weighted by Crippen LogP contribution is -2.17. The molecule has 1 heterocycles. The summed E-state index contributed by atoms with van der Waals surface area (Å²) < 4.78 is 11.4. The molecule has 2 aromatic carbocycles. The largest absolute Gasteiger partial charge is 0.454 e. The molecule has 0 bridgehead atoms. The van der Waals surface area contributed by atoms with Crippen LogP contribution in [0.2, 0.25) is 0 Å². The minimum Gasteiger partial charge on any atom is -0.454 e. The number of ether oxygens (including phenoxy) is 2. The Bertz CT molecular complexity index is 742. The quantitative estimate of drug-likeness (QED) is 0.675. The molecule has 1 N–H and O–H groups in total. The molecule has 3 rings (SSSR count). The minimum atomic E-state index is -0.256. The average Bonchev–Trinajstić information content (AvgIpc) is 2.95. The van der Waals surface area contributed by atoms with E-state index >= 15 is 0 Å². The number of hydrazone groups is 1. The van der Waals surface area contributed by atoms with Gasteiger partial charge < -0.3 is 9.47 Å². The maximum absolute atomic E-state index is 11.9. The first-order valence-electron chi connectivity index (χ1n) is 6.63. The molecule has 1 aliphatic rings. The highest BCUT2D eigenvalue weighted by Crippen LogP contribution is 2.36. The first kappa shape index (κ1) is 14.6. The number of nitrogens with one attached hydrogen (secondary N) is 1. The highest BCUT2D eigenvalue weighted by Gasteiger charge is 2.15. The monoisotopic (exact) mass is 360 g/mol. The van der Waals surface area contributed by atoms with Crippen LogP contribution in [0.15, 0.2) is 46.0 Å². The van der Waals surface area contributed by atoms with Gasteiger partial charge in [0, 0.05) is 15.6 Å². The first-order chi connectivity index (χ1) is 10.6. The average molecular weight is 361 g/mol. The number of nitrogens with zero attached hydrogens (tertiary/aromatic N) is 1. The molecule has 6 heteroatoms. The molecule has 0 radical (unpaired) electrons. The van der Waals surface area contributed by atoms with Gasteiger partial charge in [0.25, 0.3) is 5.91 Å². The molecule has 5 nitrogen and oxygen atoms in total. The lowest BCUT2D eigenvalue weighted by atomic mass is 10.1. The first-order valence-corrected chi connectivity index (χ1v) is 7.42.